The van der Waals surface area contributed by atoms with Gasteiger partial charge in [-0.3, -0.25) is 9.59 Å². The summed E-state index contributed by atoms with van der Waals surface area (Å²) < 4.78 is 5.00. The van der Waals surface area contributed by atoms with E-state index in [1.165, 1.54) is 0 Å². The first kappa shape index (κ1) is 14.9. The number of esters is 1. The molecule has 4 nitrogen and oxygen atoms in total. The second-order valence-corrected chi connectivity index (χ2v) is 4.12. The zero-order chi connectivity index (χ0) is 12.4. The average Bonchev–Trinajstić information content (AvgIpc) is 2.24. The summed E-state index contributed by atoms with van der Waals surface area (Å²) in [6.45, 7) is 6.59. The second-order valence-electron chi connectivity index (χ2n) is 4.12. The molecule has 0 heterocycles. The highest BCUT2D eigenvalue weighted by molar-refractivity contribution is 5.78. The van der Waals surface area contributed by atoms with E-state index in [4.69, 9.17) is 4.74 Å². The zero-order valence-corrected chi connectivity index (χ0v) is 10.5. The number of carbonyl (C=O) groups excluding carboxylic acids is 2. The Labute approximate surface area is 97.7 Å². The van der Waals surface area contributed by atoms with Gasteiger partial charge in [0.2, 0.25) is 5.91 Å². The Morgan fingerprint density at radius 1 is 1.25 bits per heavy atom. The molecule has 0 rings (SSSR count). The third kappa shape index (κ3) is 8.26. The zero-order valence-electron chi connectivity index (χ0n) is 10.5. The van der Waals surface area contributed by atoms with Gasteiger partial charge in [-0.2, -0.15) is 0 Å². The van der Waals surface area contributed by atoms with Crippen LogP contribution in [0, 0.1) is 5.92 Å². The smallest absolute Gasteiger partial charge is 0.307 e. The predicted octanol–water partition coefficient (Wildman–Crippen LogP) is 1.88. The van der Waals surface area contributed by atoms with E-state index in [2.05, 4.69) is 12.2 Å². The number of hydrogen-bond acceptors (Lipinski definition) is 3. The van der Waals surface area contributed by atoms with Crippen LogP contribution in [0.2, 0.25) is 0 Å². The van der Waals surface area contributed by atoms with E-state index in [0.717, 1.165) is 19.3 Å². The lowest BCUT2D eigenvalue weighted by Gasteiger charge is -2.07. The van der Waals surface area contributed by atoms with Crippen LogP contribution in [0.25, 0.3) is 0 Å². The maximum absolute atomic E-state index is 11.2. The van der Waals surface area contributed by atoms with Crippen LogP contribution in [-0.2, 0) is 14.3 Å². The summed E-state index contributed by atoms with van der Waals surface area (Å²) in [5, 5.41) is 2.67. The Morgan fingerprint density at radius 2 is 1.94 bits per heavy atom. The standard InChI is InChI=1S/C12H23NO3/c1-4-5-6-9-16-11(14)7-8-13-12(15)10(2)3/h10H,4-9H2,1-3H3,(H,13,15). The maximum atomic E-state index is 11.2. The molecule has 0 unspecified atom stereocenters. The van der Waals surface area contributed by atoms with Crippen molar-refractivity contribution in [1.29, 1.82) is 0 Å². The molecule has 0 aliphatic heterocycles. The van der Waals surface area contributed by atoms with Crippen molar-refractivity contribution in [3.05, 3.63) is 0 Å². The van der Waals surface area contributed by atoms with Crippen molar-refractivity contribution in [1.82, 2.24) is 5.32 Å². The van der Waals surface area contributed by atoms with Gasteiger partial charge in [-0.05, 0) is 6.42 Å². The summed E-state index contributed by atoms with van der Waals surface area (Å²) in [6.07, 6.45) is 3.37. The molecular formula is C12H23NO3. The van der Waals surface area contributed by atoms with Gasteiger partial charge in [-0.15, -0.1) is 0 Å². The van der Waals surface area contributed by atoms with Crippen LogP contribution < -0.4 is 5.32 Å². The molecule has 16 heavy (non-hydrogen) atoms. The fourth-order valence-corrected chi connectivity index (χ4v) is 1.10. The van der Waals surface area contributed by atoms with Crippen molar-refractivity contribution >= 4 is 11.9 Å². The Balaban J connectivity index is 3.40. The third-order valence-corrected chi connectivity index (χ3v) is 2.16. The van der Waals surface area contributed by atoms with Crippen molar-refractivity contribution in [3.8, 4) is 0 Å². The highest BCUT2D eigenvalue weighted by Crippen LogP contribution is 1.96. The molecule has 0 atom stereocenters. The van der Waals surface area contributed by atoms with E-state index in [1.54, 1.807) is 0 Å². The van der Waals surface area contributed by atoms with Crippen LogP contribution >= 0.6 is 0 Å². The summed E-state index contributed by atoms with van der Waals surface area (Å²) in [4.78, 5) is 22.3. The van der Waals surface area contributed by atoms with Gasteiger partial charge in [-0.25, -0.2) is 0 Å². The van der Waals surface area contributed by atoms with Gasteiger partial charge in [0.1, 0.15) is 0 Å². The van der Waals surface area contributed by atoms with Gasteiger partial charge in [0.05, 0.1) is 13.0 Å². The number of carbonyl (C=O) groups is 2. The van der Waals surface area contributed by atoms with Gasteiger partial charge in [0.25, 0.3) is 0 Å². The van der Waals surface area contributed by atoms with Gasteiger partial charge in [0.15, 0.2) is 0 Å². The van der Waals surface area contributed by atoms with Crippen molar-refractivity contribution in [2.24, 2.45) is 5.92 Å². The number of rotatable bonds is 8. The lowest BCUT2D eigenvalue weighted by molar-refractivity contribution is -0.143. The molecule has 0 radical (unpaired) electrons. The second kappa shape index (κ2) is 9.19. The highest BCUT2D eigenvalue weighted by Gasteiger charge is 2.07. The summed E-state index contributed by atoms with van der Waals surface area (Å²) in [5.41, 5.74) is 0. The molecule has 1 N–H and O–H groups in total. The SMILES string of the molecule is CCCCCOC(=O)CCNC(=O)C(C)C. The maximum Gasteiger partial charge on any atom is 0.307 e. The fourth-order valence-electron chi connectivity index (χ4n) is 1.10. The van der Waals surface area contributed by atoms with E-state index in [1.807, 2.05) is 13.8 Å². The summed E-state index contributed by atoms with van der Waals surface area (Å²) in [5.74, 6) is -0.306. The minimum Gasteiger partial charge on any atom is -0.466 e. The number of nitrogens with one attached hydrogen (secondary N) is 1. The first-order chi connectivity index (χ1) is 7.57. The molecule has 0 saturated heterocycles. The minimum absolute atomic E-state index is 0.0289. The quantitative estimate of drug-likeness (QED) is 0.510. The molecule has 0 aliphatic carbocycles. The highest BCUT2D eigenvalue weighted by atomic mass is 16.5. The van der Waals surface area contributed by atoms with Crippen LogP contribution in [0.3, 0.4) is 0 Å². The van der Waals surface area contributed by atoms with Crippen molar-refractivity contribution in [2.45, 2.75) is 46.5 Å². The first-order valence-corrected chi connectivity index (χ1v) is 6.01. The molecule has 0 aliphatic rings. The summed E-state index contributed by atoms with van der Waals surface area (Å²) in [7, 11) is 0. The molecule has 0 aromatic heterocycles. The van der Waals surface area contributed by atoms with Crippen molar-refractivity contribution in [3.63, 3.8) is 0 Å². The topological polar surface area (TPSA) is 55.4 Å². The summed E-state index contributed by atoms with van der Waals surface area (Å²) in [6, 6.07) is 0. The van der Waals surface area contributed by atoms with Crippen LogP contribution in [0.1, 0.15) is 46.5 Å². The largest absolute Gasteiger partial charge is 0.466 e. The minimum atomic E-state index is -0.236. The van der Waals surface area contributed by atoms with Crippen LogP contribution in [0.5, 0.6) is 0 Å². The Hall–Kier alpha value is -1.06. The lowest BCUT2D eigenvalue weighted by Crippen LogP contribution is -2.30. The molecule has 94 valence electrons. The van der Waals surface area contributed by atoms with Gasteiger partial charge >= 0.3 is 5.97 Å². The van der Waals surface area contributed by atoms with Crippen molar-refractivity contribution in [2.75, 3.05) is 13.2 Å². The van der Waals surface area contributed by atoms with Gasteiger partial charge in [-0.1, -0.05) is 33.6 Å². The molecule has 0 aromatic rings. The Kier molecular flexibility index (Phi) is 8.58. The van der Waals surface area contributed by atoms with E-state index < -0.39 is 0 Å². The molecule has 0 spiro atoms. The van der Waals surface area contributed by atoms with Gasteiger partial charge in [0, 0.05) is 12.5 Å². The third-order valence-electron chi connectivity index (χ3n) is 2.16. The summed E-state index contributed by atoms with van der Waals surface area (Å²) >= 11 is 0. The van der Waals surface area contributed by atoms with Gasteiger partial charge < -0.3 is 10.1 Å². The normalized spacial score (nSPS) is 10.2. The molecule has 4 heteroatoms. The average molecular weight is 229 g/mol. The Bertz CT molecular complexity index is 214. The molecule has 0 saturated carbocycles. The van der Waals surface area contributed by atoms with Crippen LogP contribution in [0.4, 0.5) is 0 Å². The monoisotopic (exact) mass is 229 g/mol. The number of unbranched alkanes of at least 4 members (excludes halogenated alkanes) is 2. The molecule has 0 fully saturated rings. The van der Waals surface area contributed by atoms with E-state index in [-0.39, 0.29) is 24.2 Å². The van der Waals surface area contributed by atoms with E-state index >= 15 is 0 Å². The van der Waals surface area contributed by atoms with E-state index in [0.29, 0.717) is 13.2 Å². The van der Waals surface area contributed by atoms with Crippen molar-refractivity contribution < 1.29 is 14.3 Å². The van der Waals surface area contributed by atoms with E-state index in [9.17, 15) is 9.59 Å². The first-order valence-electron chi connectivity index (χ1n) is 6.01. The molecule has 0 bridgehead atoms. The molecule has 1 amide bonds. The Morgan fingerprint density at radius 3 is 2.50 bits per heavy atom. The number of amides is 1. The number of hydrogen-bond donors (Lipinski definition) is 1. The number of ether oxygens (including phenoxy) is 1. The van der Waals surface area contributed by atoms with Crippen LogP contribution in [0.15, 0.2) is 0 Å². The molecular weight excluding hydrogens is 206 g/mol. The molecule has 0 aromatic carbocycles. The fraction of sp³-hybridized carbons (Fsp3) is 0.833. The lowest BCUT2D eigenvalue weighted by atomic mass is 10.2. The van der Waals surface area contributed by atoms with Crippen LogP contribution in [-0.4, -0.2) is 25.0 Å². The predicted molar refractivity (Wildman–Crippen MR) is 62.9 cm³/mol.